The molecule has 44 heavy (non-hydrogen) atoms. The molecule has 2 heterocycles. The van der Waals surface area contributed by atoms with Crippen LogP contribution in [-0.2, 0) is 0 Å². The van der Waals surface area contributed by atoms with Gasteiger partial charge in [-0.3, -0.25) is 19.6 Å². The van der Waals surface area contributed by atoms with Crippen LogP contribution in [0.15, 0.2) is 146 Å². The number of nitrogens with zero attached hydrogens (tertiary/aromatic N) is 2. The van der Waals surface area contributed by atoms with Gasteiger partial charge in [0.2, 0.25) is 0 Å². The predicted molar refractivity (Wildman–Crippen MR) is 176 cm³/mol. The van der Waals surface area contributed by atoms with Gasteiger partial charge in [0, 0.05) is 23.8 Å². The van der Waals surface area contributed by atoms with E-state index < -0.39 is 0 Å². The van der Waals surface area contributed by atoms with Gasteiger partial charge < -0.3 is 21.3 Å². The Labute approximate surface area is 254 Å². The minimum absolute atomic E-state index is 0.279. The highest BCUT2D eigenvalue weighted by Crippen LogP contribution is 2.30. The van der Waals surface area contributed by atoms with Crippen molar-refractivity contribution in [2.45, 2.75) is 0 Å². The highest BCUT2D eigenvalue weighted by molar-refractivity contribution is 6.13. The summed E-state index contributed by atoms with van der Waals surface area (Å²) in [6.45, 7) is 0. The van der Waals surface area contributed by atoms with Crippen LogP contribution in [0.2, 0.25) is 0 Å². The van der Waals surface area contributed by atoms with Crippen molar-refractivity contribution in [3.05, 3.63) is 157 Å². The fourth-order valence-electron chi connectivity index (χ4n) is 4.69. The highest BCUT2D eigenvalue weighted by Gasteiger charge is 2.22. The normalized spacial score (nSPS) is 10.5. The Kier molecular flexibility index (Phi) is 8.32. The molecule has 0 aliphatic heterocycles. The maximum absolute atomic E-state index is 13.7. The third kappa shape index (κ3) is 6.45. The maximum atomic E-state index is 13.7. The monoisotopic (exact) mass is 576 g/mol. The van der Waals surface area contributed by atoms with E-state index in [2.05, 4.69) is 31.2 Å². The molecule has 2 aromatic heterocycles. The van der Waals surface area contributed by atoms with Crippen molar-refractivity contribution in [2.24, 2.45) is 0 Å². The molecule has 0 spiro atoms. The Morgan fingerprint density at radius 1 is 0.409 bits per heavy atom. The molecular weight excluding hydrogens is 548 g/mol. The van der Waals surface area contributed by atoms with Gasteiger partial charge in [-0.05, 0) is 72.8 Å². The molecule has 4 N–H and O–H groups in total. The summed E-state index contributed by atoms with van der Waals surface area (Å²) >= 11 is 0. The lowest BCUT2D eigenvalue weighted by atomic mass is 10.0. The zero-order valence-corrected chi connectivity index (χ0v) is 23.6. The number of hydrogen-bond donors (Lipinski definition) is 4. The standard InChI is InChI=1S/C36H28N6O2/c43-35(41-31-21-9-7-19-29(31)39-25-13-3-1-4-14-25)27-17-11-23-37-33(27)34-28(18-12-24-38-34)36(44)42-32-22-10-8-20-30(32)40-26-15-5-2-6-16-26/h1-24,39-40H,(H,41,43)(H,42,44). The first-order valence-corrected chi connectivity index (χ1v) is 14.0. The van der Waals surface area contributed by atoms with Crippen molar-refractivity contribution in [3.8, 4) is 11.4 Å². The van der Waals surface area contributed by atoms with E-state index in [1.807, 2.05) is 109 Å². The molecule has 0 radical (unpaired) electrons. The molecule has 2 amide bonds. The molecule has 0 aliphatic carbocycles. The largest absolute Gasteiger partial charge is 0.354 e. The third-order valence-electron chi connectivity index (χ3n) is 6.79. The molecule has 6 rings (SSSR count). The van der Waals surface area contributed by atoms with Crippen LogP contribution in [-0.4, -0.2) is 21.8 Å². The smallest absolute Gasteiger partial charge is 0.257 e. The van der Waals surface area contributed by atoms with Crippen LogP contribution in [0.4, 0.5) is 34.1 Å². The topological polar surface area (TPSA) is 108 Å². The SMILES string of the molecule is O=C(Nc1ccccc1Nc1ccccc1)c1cccnc1-c1ncccc1C(=O)Nc1ccccc1Nc1ccccc1. The molecule has 0 aliphatic rings. The summed E-state index contributed by atoms with van der Waals surface area (Å²) < 4.78 is 0. The van der Waals surface area contributed by atoms with Gasteiger partial charge in [0.25, 0.3) is 11.8 Å². The van der Waals surface area contributed by atoms with Crippen molar-refractivity contribution < 1.29 is 9.59 Å². The van der Waals surface area contributed by atoms with E-state index in [0.717, 1.165) is 22.7 Å². The fraction of sp³-hybridized carbons (Fsp3) is 0. The van der Waals surface area contributed by atoms with Crippen LogP contribution < -0.4 is 21.3 Å². The van der Waals surface area contributed by atoms with Crippen LogP contribution in [0.1, 0.15) is 20.7 Å². The van der Waals surface area contributed by atoms with Crippen molar-refractivity contribution in [1.29, 1.82) is 0 Å². The second kappa shape index (κ2) is 13.1. The number of para-hydroxylation sites is 6. The van der Waals surface area contributed by atoms with E-state index in [1.54, 1.807) is 36.7 Å². The summed E-state index contributed by atoms with van der Waals surface area (Å²) in [7, 11) is 0. The van der Waals surface area contributed by atoms with E-state index in [0.29, 0.717) is 22.8 Å². The minimum atomic E-state index is -0.384. The number of aromatic nitrogens is 2. The molecule has 8 heteroatoms. The van der Waals surface area contributed by atoms with Crippen molar-refractivity contribution >= 4 is 45.9 Å². The molecule has 8 nitrogen and oxygen atoms in total. The summed E-state index contributed by atoms with van der Waals surface area (Å²) in [5.41, 5.74) is 5.58. The van der Waals surface area contributed by atoms with Gasteiger partial charge in [-0.15, -0.1) is 0 Å². The molecular formula is C36H28N6O2. The van der Waals surface area contributed by atoms with E-state index in [4.69, 9.17) is 0 Å². The number of hydrogen-bond acceptors (Lipinski definition) is 6. The Hall–Kier alpha value is -6.28. The number of amides is 2. The molecule has 6 aromatic rings. The average Bonchev–Trinajstić information content (AvgIpc) is 3.07. The van der Waals surface area contributed by atoms with Gasteiger partial charge in [0.1, 0.15) is 11.4 Å². The molecule has 4 aromatic carbocycles. The van der Waals surface area contributed by atoms with Crippen LogP contribution in [0.5, 0.6) is 0 Å². The van der Waals surface area contributed by atoms with Gasteiger partial charge >= 0.3 is 0 Å². The summed E-state index contributed by atoms with van der Waals surface area (Å²) in [4.78, 5) is 36.4. The minimum Gasteiger partial charge on any atom is -0.354 e. The Bertz CT molecular complexity index is 1770. The Morgan fingerprint density at radius 3 is 1.18 bits per heavy atom. The lowest BCUT2D eigenvalue weighted by molar-refractivity contribution is 0.101. The number of pyridine rings is 2. The summed E-state index contributed by atoms with van der Waals surface area (Å²) in [6.07, 6.45) is 3.15. The summed E-state index contributed by atoms with van der Waals surface area (Å²) in [5.74, 6) is -0.769. The zero-order valence-electron chi connectivity index (χ0n) is 23.6. The van der Waals surface area contributed by atoms with E-state index in [-0.39, 0.29) is 22.9 Å². The van der Waals surface area contributed by atoms with Crippen molar-refractivity contribution in [2.75, 3.05) is 21.3 Å². The van der Waals surface area contributed by atoms with E-state index in [1.165, 1.54) is 0 Å². The van der Waals surface area contributed by atoms with Gasteiger partial charge in [0.05, 0.1) is 33.9 Å². The van der Waals surface area contributed by atoms with Crippen molar-refractivity contribution in [3.63, 3.8) is 0 Å². The molecule has 214 valence electrons. The quantitative estimate of drug-likeness (QED) is 0.138. The number of carbonyl (C=O) groups excluding carboxylic acids is 2. The van der Waals surface area contributed by atoms with Gasteiger partial charge in [-0.1, -0.05) is 60.7 Å². The van der Waals surface area contributed by atoms with Gasteiger partial charge in [-0.25, -0.2) is 0 Å². The fourth-order valence-corrected chi connectivity index (χ4v) is 4.69. The summed E-state index contributed by atoms with van der Waals surface area (Å²) in [6, 6.07) is 41.0. The first-order valence-electron chi connectivity index (χ1n) is 14.0. The van der Waals surface area contributed by atoms with E-state index >= 15 is 0 Å². The number of nitrogens with one attached hydrogen (secondary N) is 4. The van der Waals surface area contributed by atoms with Crippen LogP contribution >= 0.6 is 0 Å². The van der Waals surface area contributed by atoms with Crippen LogP contribution in [0.25, 0.3) is 11.4 Å². The Morgan fingerprint density at radius 2 is 0.773 bits per heavy atom. The van der Waals surface area contributed by atoms with Crippen LogP contribution in [0.3, 0.4) is 0 Å². The maximum Gasteiger partial charge on any atom is 0.257 e. The number of carbonyl (C=O) groups is 2. The van der Waals surface area contributed by atoms with E-state index in [9.17, 15) is 9.59 Å². The number of rotatable bonds is 9. The predicted octanol–water partition coefficient (Wildman–Crippen LogP) is 8.14. The first kappa shape index (κ1) is 27.9. The molecule has 0 saturated heterocycles. The summed E-state index contributed by atoms with van der Waals surface area (Å²) in [5, 5.41) is 12.7. The first-order chi connectivity index (χ1) is 21.7. The number of benzene rings is 4. The highest BCUT2D eigenvalue weighted by atomic mass is 16.2. The lowest BCUT2D eigenvalue weighted by Gasteiger charge is -2.16. The third-order valence-corrected chi connectivity index (χ3v) is 6.79. The average molecular weight is 577 g/mol. The molecule has 0 atom stereocenters. The second-order valence-electron chi connectivity index (χ2n) is 9.78. The van der Waals surface area contributed by atoms with Crippen molar-refractivity contribution in [1.82, 2.24) is 9.97 Å². The zero-order chi connectivity index (χ0) is 30.1. The molecule has 0 fully saturated rings. The second-order valence-corrected chi connectivity index (χ2v) is 9.78. The number of anilines is 6. The Balaban J connectivity index is 1.27. The molecule has 0 unspecified atom stereocenters. The molecule has 0 saturated carbocycles. The van der Waals surface area contributed by atoms with Gasteiger partial charge in [0.15, 0.2) is 0 Å². The lowest BCUT2D eigenvalue weighted by Crippen LogP contribution is -2.18. The molecule has 0 bridgehead atoms. The van der Waals surface area contributed by atoms with Crippen LogP contribution in [0, 0.1) is 0 Å². The van der Waals surface area contributed by atoms with Gasteiger partial charge in [-0.2, -0.15) is 0 Å².